The highest BCUT2D eigenvalue weighted by atomic mass is 19.4. The van der Waals surface area contributed by atoms with E-state index in [-0.39, 0.29) is 17.0 Å². The number of alkyl halides is 13. The van der Waals surface area contributed by atoms with Gasteiger partial charge in [0.1, 0.15) is 0 Å². The highest BCUT2D eigenvalue weighted by Gasteiger charge is 2.90. The molecule has 0 aliphatic heterocycles. The number of tetrazole rings is 1. The van der Waals surface area contributed by atoms with E-state index in [4.69, 9.17) is 0 Å². The summed E-state index contributed by atoms with van der Waals surface area (Å²) < 4.78 is 170. The second-order valence-electron chi connectivity index (χ2n) is 7.57. The maximum Gasteiger partial charge on any atom is 0.460 e. The standard InChI is InChI=1S/C17H21F13N4/c1-2-3-4-5-6-7-8-11-31-33-34(32-11)10-9-12(18,19)13(20,21)14(22,23)15(24,25)16(26,27)17(28,29)30/h2-10H2,1H3. The molecular weight excluding hydrogens is 507 g/mol. The Morgan fingerprint density at radius 1 is 0.647 bits per heavy atom. The van der Waals surface area contributed by atoms with Crippen molar-refractivity contribution < 1.29 is 57.1 Å². The predicted octanol–water partition coefficient (Wildman–Crippen LogP) is 6.71. The minimum absolute atomic E-state index is 0.0211. The molecule has 0 atom stereocenters. The van der Waals surface area contributed by atoms with Gasteiger partial charge in [-0.2, -0.15) is 61.9 Å². The highest BCUT2D eigenvalue weighted by molar-refractivity contribution is 5.10. The molecule has 0 unspecified atom stereocenters. The number of unbranched alkanes of at least 4 members (excludes halogenated alkanes) is 5. The van der Waals surface area contributed by atoms with Crippen LogP contribution in [0.1, 0.15) is 57.7 Å². The Balaban J connectivity index is 2.89. The lowest BCUT2D eigenvalue weighted by Crippen LogP contribution is -2.70. The molecular formula is C17H21F13N4. The zero-order valence-corrected chi connectivity index (χ0v) is 17.6. The van der Waals surface area contributed by atoms with Crippen molar-refractivity contribution in [3.8, 4) is 0 Å². The quantitative estimate of drug-likeness (QED) is 0.199. The molecule has 17 heteroatoms. The Morgan fingerprint density at radius 2 is 1.15 bits per heavy atom. The van der Waals surface area contributed by atoms with Crippen molar-refractivity contribution in [2.24, 2.45) is 0 Å². The molecule has 0 N–H and O–H groups in total. The highest BCUT2D eigenvalue weighted by Crippen LogP contribution is 2.60. The van der Waals surface area contributed by atoms with Crippen LogP contribution in [0.3, 0.4) is 0 Å². The summed E-state index contributed by atoms with van der Waals surface area (Å²) >= 11 is 0. The van der Waals surface area contributed by atoms with Crippen LogP contribution in [0.4, 0.5) is 57.1 Å². The van der Waals surface area contributed by atoms with Crippen molar-refractivity contribution >= 4 is 0 Å². The Morgan fingerprint density at radius 3 is 1.68 bits per heavy atom. The summed E-state index contributed by atoms with van der Waals surface area (Å²) in [7, 11) is 0. The van der Waals surface area contributed by atoms with Crippen LogP contribution in [-0.4, -0.2) is 56.0 Å². The SMILES string of the molecule is CCCCCCCCc1nnn(CCC(F)(F)C(F)(F)C(F)(F)C(F)(F)C(F)(F)C(F)(F)F)n1. The molecule has 1 aromatic heterocycles. The maximum atomic E-state index is 13.8. The van der Waals surface area contributed by atoms with E-state index >= 15 is 0 Å². The van der Waals surface area contributed by atoms with E-state index in [0.29, 0.717) is 6.42 Å². The average molecular weight is 528 g/mol. The largest absolute Gasteiger partial charge is 0.460 e. The van der Waals surface area contributed by atoms with Gasteiger partial charge in [-0.1, -0.05) is 39.0 Å². The molecule has 0 radical (unpaired) electrons. The lowest BCUT2D eigenvalue weighted by Gasteiger charge is -2.39. The number of hydrogen-bond acceptors (Lipinski definition) is 3. The first-order chi connectivity index (χ1) is 15.3. The zero-order valence-electron chi connectivity index (χ0n) is 17.6. The summed E-state index contributed by atoms with van der Waals surface area (Å²) in [5.74, 6) is -36.9. The molecule has 0 aliphatic rings. The van der Waals surface area contributed by atoms with Crippen LogP contribution in [0.2, 0.25) is 0 Å². The Hall–Kier alpha value is -1.84. The lowest BCUT2D eigenvalue weighted by atomic mass is 9.92. The second-order valence-corrected chi connectivity index (χ2v) is 7.57. The third kappa shape index (κ3) is 5.86. The molecule has 0 fully saturated rings. The Kier molecular flexibility index (Phi) is 9.25. The zero-order chi connectivity index (χ0) is 26.6. The summed E-state index contributed by atoms with van der Waals surface area (Å²) in [6, 6.07) is 0. The number of nitrogens with zero attached hydrogens (tertiary/aromatic N) is 4. The molecule has 0 spiro atoms. The van der Waals surface area contributed by atoms with Gasteiger partial charge in [-0.05, 0) is 11.6 Å². The number of aromatic nitrogens is 4. The van der Waals surface area contributed by atoms with Crippen LogP contribution < -0.4 is 0 Å². The molecule has 200 valence electrons. The van der Waals surface area contributed by atoms with Gasteiger partial charge in [0.25, 0.3) is 0 Å². The van der Waals surface area contributed by atoms with Gasteiger partial charge < -0.3 is 0 Å². The van der Waals surface area contributed by atoms with Crippen molar-refractivity contribution in [2.75, 3.05) is 0 Å². The van der Waals surface area contributed by atoms with Gasteiger partial charge in [-0.25, -0.2) is 0 Å². The topological polar surface area (TPSA) is 43.6 Å². The summed E-state index contributed by atoms with van der Waals surface area (Å²) in [4.78, 5) is 0.261. The fourth-order valence-corrected chi connectivity index (χ4v) is 2.73. The normalized spacial score (nSPS) is 14.6. The minimum atomic E-state index is -7.90. The summed E-state index contributed by atoms with van der Waals surface area (Å²) in [5.41, 5.74) is 0. The van der Waals surface area contributed by atoms with E-state index < -0.39 is 48.8 Å². The van der Waals surface area contributed by atoms with Crippen molar-refractivity contribution in [1.82, 2.24) is 20.2 Å². The summed E-state index contributed by atoms with van der Waals surface area (Å²) in [6.07, 6.45) is -4.43. The van der Waals surface area contributed by atoms with E-state index in [0.717, 1.165) is 32.1 Å². The van der Waals surface area contributed by atoms with E-state index in [1.807, 2.05) is 6.92 Å². The van der Waals surface area contributed by atoms with Crippen LogP contribution in [0.15, 0.2) is 0 Å². The Labute approximate surface area is 184 Å². The van der Waals surface area contributed by atoms with Crippen LogP contribution in [0.25, 0.3) is 0 Å². The predicted molar refractivity (Wildman–Crippen MR) is 90.3 cm³/mol. The molecule has 34 heavy (non-hydrogen) atoms. The molecule has 1 aromatic rings. The van der Waals surface area contributed by atoms with Crippen molar-refractivity contribution in [3.63, 3.8) is 0 Å². The number of aryl methyl sites for hydroxylation is 2. The average Bonchev–Trinajstić information content (AvgIpc) is 3.15. The summed E-state index contributed by atoms with van der Waals surface area (Å²) in [5, 5.41) is 10.1. The van der Waals surface area contributed by atoms with Crippen LogP contribution in [0, 0.1) is 0 Å². The molecule has 0 aliphatic carbocycles. The molecule has 1 heterocycles. The molecule has 4 nitrogen and oxygen atoms in total. The fraction of sp³-hybridized carbons (Fsp3) is 0.941. The number of rotatable bonds is 14. The third-order valence-electron chi connectivity index (χ3n) is 4.87. The van der Waals surface area contributed by atoms with Gasteiger partial charge in [-0.15, -0.1) is 10.2 Å². The van der Waals surface area contributed by atoms with Gasteiger partial charge in [0.2, 0.25) is 0 Å². The Bertz CT molecular complexity index is 774. The summed E-state index contributed by atoms with van der Waals surface area (Å²) in [6.45, 7) is 0.607. The van der Waals surface area contributed by atoms with Crippen LogP contribution in [-0.2, 0) is 13.0 Å². The first kappa shape index (κ1) is 30.2. The smallest absolute Gasteiger partial charge is 0.200 e. The van der Waals surface area contributed by atoms with E-state index in [1.165, 1.54) is 0 Å². The van der Waals surface area contributed by atoms with Gasteiger partial charge in [0, 0.05) is 12.8 Å². The molecule has 0 bridgehead atoms. The van der Waals surface area contributed by atoms with Gasteiger partial charge in [0.15, 0.2) is 5.82 Å². The third-order valence-corrected chi connectivity index (χ3v) is 4.87. The van der Waals surface area contributed by atoms with E-state index in [9.17, 15) is 57.1 Å². The monoisotopic (exact) mass is 528 g/mol. The number of hydrogen-bond donors (Lipinski definition) is 0. The second kappa shape index (κ2) is 10.4. The molecule has 0 saturated heterocycles. The number of halogens is 13. The van der Waals surface area contributed by atoms with Gasteiger partial charge >= 0.3 is 35.8 Å². The van der Waals surface area contributed by atoms with Crippen LogP contribution >= 0.6 is 0 Å². The molecule has 1 rings (SSSR count). The fourth-order valence-electron chi connectivity index (χ4n) is 2.73. The van der Waals surface area contributed by atoms with Crippen molar-refractivity contribution in [3.05, 3.63) is 5.82 Å². The maximum absolute atomic E-state index is 13.8. The molecule has 0 aromatic carbocycles. The molecule has 0 amide bonds. The van der Waals surface area contributed by atoms with Crippen LogP contribution in [0.5, 0.6) is 0 Å². The van der Waals surface area contributed by atoms with Gasteiger partial charge in [0.05, 0.1) is 6.54 Å². The van der Waals surface area contributed by atoms with E-state index in [2.05, 4.69) is 15.4 Å². The minimum Gasteiger partial charge on any atom is -0.200 e. The van der Waals surface area contributed by atoms with Gasteiger partial charge in [-0.3, -0.25) is 0 Å². The van der Waals surface area contributed by atoms with E-state index in [1.54, 1.807) is 0 Å². The molecule has 0 saturated carbocycles. The first-order valence-corrected chi connectivity index (χ1v) is 9.98. The van der Waals surface area contributed by atoms with Crippen molar-refractivity contribution in [2.45, 2.75) is 101 Å². The first-order valence-electron chi connectivity index (χ1n) is 9.98. The lowest BCUT2D eigenvalue weighted by molar-refractivity contribution is -0.440. The van der Waals surface area contributed by atoms with Crippen molar-refractivity contribution in [1.29, 1.82) is 0 Å².